The van der Waals surface area contributed by atoms with Gasteiger partial charge in [0.1, 0.15) is 12.2 Å². The standard InChI is InChI=1S/C14H26N4/c1-2-4-12-5-3-6-13(8-7-12)15-10-9-14-16-11-17-18-14/h11-13,15H,2-10H2,1H3,(H,16,17,18). The second-order valence-electron chi connectivity index (χ2n) is 5.50. The molecule has 1 aliphatic rings. The topological polar surface area (TPSA) is 53.6 Å². The number of nitrogens with zero attached hydrogens (tertiary/aromatic N) is 2. The Morgan fingerprint density at radius 2 is 2.28 bits per heavy atom. The zero-order valence-corrected chi connectivity index (χ0v) is 11.5. The van der Waals surface area contributed by atoms with Crippen molar-refractivity contribution in [2.45, 2.75) is 64.3 Å². The number of H-pyrrole nitrogens is 1. The highest BCUT2D eigenvalue weighted by molar-refractivity contribution is 4.82. The van der Waals surface area contributed by atoms with Gasteiger partial charge in [0.2, 0.25) is 0 Å². The van der Waals surface area contributed by atoms with Crippen LogP contribution in [-0.4, -0.2) is 27.8 Å². The van der Waals surface area contributed by atoms with Gasteiger partial charge < -0.3 is 5.32 Å². The van der Waals surface area contributed by atoms with Crippen molar-refractivity contribution in [3.63, 3.8) is 0 Å². The molecular formula is C14H26N4. The van der Waals surface area contributed by atoms with E-state index in [0.717, 1.165) is 30.7 Å². The van der Waals surface area contributed by atoms with Crippen LogP contribution in [0.1, 0.15) is 57.7 Å². The Kier molecular flexibility index (Phi) is 5.65. The van der Waals surface area contributed by atoms with E-state index in [1.54, 1.807) is 6.33 Å². The van der Waals surface area contributed by atoms with Crippen LogP contribution >= 0.6 is 0 Å². The lowest BCUT2D eigenvalue weighted by Gasteiger charge is -2.16. The molecule has 0 saturated heterocycles. The van der Waals surface area contributed by atoms with Crippen LogP contribution < -0.4 is 5.32 Å². The van der Waals surface area contributed by atoms with Crippen LogP contribution in [0, 0.1) is 5.92 Å². The summed E-state index contributed by atoms with van der Waals surface area (Å²) in [6.45, 7) is 3.32. The Bertz CT molecular complexity index is 310. The maximum absolute atomic E-state index is 4.15. The predicted octanol–water partition coefficient (Wildman–Crippen LogP) is 2.69. The third kappa shape index (κ3) is 4.41. The predicted molar refractivity (Wildman–Crippen MR) is 73.4 cm³/mol. The molecule has 0 amide bonds. The van der Waals surface area contributed by atoms with Crippen molar-refractivity contribution >= 4 is 0 Å². The van der Waals surface area contributed by atoms with Gasteiger partial charge in [0.05, 0.1) is 0 Å². The smallest absolute Gasteiger partial charge is 0.137 e. The van der Waals surface area contributed by atoms with Crippen LogP contribution in [0.4, 0.5) is 0 Å². The number of aromatic amines is 1. The molecule has 1 aromatic heterocycles. The summed E-state index contributed by atoms with van der Waals surface area (Å²) in [6.07, 6.45) is 12.2. The summed E-state index contributed by atoms with van der Waals surface area (Å²) in [5.74, 6) is 1.97. The van der Waals surface area contributed by atoms with Crippen LogP contribution in [0.5, 0.6) is 0 Å². The molecule has 0 aromatic carbocycles. The van der Waals surface area contributed by atoms with E-state index in [9.17, 15) is 0 Å². The zero-order valence-electron chi connectivity index (χ0n) is 11.5. The Morgan fingerprint density at radius 3 is 3.06 bits per heavy atom. The van der Waals surface area contributed by atoms with Gasteiger partial charge in [0, 0.05) is 19.0 Å². The van der Waals surface area contributed by atoms with Crippen molar-refractivity contribution in [2.24, 2.45) is 5.92 Å². The van der Waals surface area contributed by atoms with Crippen molar-refractivity contribution in [3.8, 4) is 0 Å². The first-order valence-electron chi connectivity index (χ1n) is 7.46. The Morgan fingerprint density at radius 1 is 1.33 bits per heavy atom. The maximum atomic E-state index is 4.15. The number of aromatic nitrogens is 3. The van der Waals surface area contributed by atoms with E-state index in [1.807, 2.05) is 0 Å². The molecule has 1 fully saturated rings. The molecule has 0 radical (unpaired) electrons. The Hall–Kier alpha value is -0.900. The fraction of sp³-hybridized carbons (Fsp3) is 0.857. The van der Waals surface area contributed by atoms with Gasteiger partial charge in [0.25, 0.3) is 0 Å². The first-order valence-corrected chi connectivity index (χ1v) is 7.46. The molecule has 1 heterocycles. The van der Waals surface area contributed by atoms with Gasteiger partial charge in [-0.15, -0.1) is 0 Å². The first-order chi connectivity index (χ1) is 8.88. The molecule has 102 valence electrons. The maximum Gasteiger partial charge on any atom is 0.137 e. The van der Waals surface area contributed by atoms with E-state index < -0.39 is 0 Å². The molecule has 0 bridgehead atoms. The molecule has 2 rings (SSSR count). The molecule has 1 aliphatic carbocycles. The minimum atomic E-state index is 0.717. The van der Waals surface area contributed by atoms with Crippen LogP contribution in [-0.2, 0) is 6.42 Å². The average Bonchev–Trinajstić information content (AvgIpc) is 2.78. The van der Waals surface area contributed by atoms with E-state index >= 15 is 0 Å². The van der Waals surface area contributed by atoms with Crippen LogP contribution in [0.3, 0.4) is 0 Å². The molecule has 0 aliphatic heterocycles. The van der Waals surface area contributed by atoms with Gasteiger partial charge in [0.15, 0.2) is 0 Å². The lowest BCUT2D eigenvalue weighted by molar-refractivity contribution is 0.410. The average molecular weight is 250 g/mol. The first kappa shape index (κ1) is 13.5. The van der Waals surface area contributed by atoms with Crippen LogP contribution in [0.15, 0.2) is 6.33 Å². The second-order valence-corrected chi connectivity index (χ2v) is 5.50. The number of hydrogen-bond acceptors (Lipinski definition) is 3. The lowest BCUT2D eigenvalue weighted by Crippen LogP contribution is -2.30. The third-order valence-electron chi connectivity index (χ3n) is 4.04. The quantitative estimate of drug-likeness (QED) is 0.763. The molecule has 1 aromatic rings. The zero-order chi connectivity index (χ0) is 12.6. The highest BCUT2D eigenvalue weighted by atomic mass is 15.2. The van der Waals surface area contributed by atoms with Crippen molar-refractivity contribution < 1.29 is 0 Å². The van der Waals surface area contributed by atoms with Crippen molar-refractivity contribution in [1.29, 1.82) is 0 Å². The fourth-order valence-electron chi connectivity index (χ4n) is 3.03. The summed E-state index contributed by atoms with van der Waals surface area (Å²) in [4.78, 5) is 4.15. The molecule has 2 N–H and O–H groups in total. The Balaban J connectivity index is 1.64. The molecule has 4 heteroatoms. The summed E-state index contributed by atoms with van der Waals surface area (Å²) in [6, 6.07) is 0.717. The number of rotatable bonds is 6. The largest absolute Gasteiger partial charge is 0.314 e. The van der Waals surface area contributed by atoms with Gasteiger partial charge in [-0.05, 0) is 25.2 Å². The molecule has 2 atom stereocenters. The summed E-state index contributed by atoms with van der Waals surface area (Å²) in [5.41, 5.74) is 0. The summed E-state index contributed by atoms with van der Waals surface area (Å²) in [7, 11) is 0. The third-order valence-corrected chi connectivity index (χ3v) is 4.04. The van der Waals surface area contributed by atoms with Crippen molar-refractivity contribution in [3.05, 3.63) is 12.2 Å². The minimum absolute atomic E-state index is 0.717. The fourth-order valence-corrected chi connectivity index (χ4v) is 3.03. The molecule has 2 unspecified atom stereocenters. The monoisotopic (exact) mass is 250 g/mol. The van der Waals surface area contributed by atoms with E-state index in [0.29, 0.717) is 0 Å². The van der Waals surface area contributed by atoms with Crippen LogP contribution in [0.25, 0.3) is 0 Å². The highest BCUT2D eigenvalue weighted by Gasteiger charge is 2.17. The lowest BCUT2D eigenvalue weighted by atomic mass is 9.95. The normalized spacial score (nSPS) is 24.9. The van der Waals surface area contributed by atoms with Gasteiger partial charge in [-0.1, -0.05) is 32.6 Å². The van der Waals surface area contributed by atoms with Gasteiger partial charge in [-0.25, -0.2) is 4.98 Å². The summed E-state index contributed by atoms with van der Waals surface area (Å²) in [5, 5.41) is 10.5. The van der Waals surface area contributed by atoms with Crippen LogP contribution in [0.2, 0.25) is 0 Å². The second kappa shape index (κ2) is 7.52. The van der Waals surface area contributed by atoms with E-state index in [4.69, 9.17) is 0 Å². The Labute approximate surface area is 110 Å². The highest BCUT2D eigenvalue weighted by Crippen LogP contribution is 2.26. The van der Waals surface area contributed by atoms with Crippen molar-refractivity contribution in [2.75, 3.05) is 6.54 Å². The van der Waals surface area contributed by atoms with Crippen molar-refractivity contribution in [1.82, 2.24) is 20.5 Å². The van der Waals surface area contributed by atoms with Gasteiger partial charge >= 0.3 is 0 Å². The van der Waals surface area contributed by atoms with E-state index in [-0.39, 0.29) is 0 Å². The number of hydrogen-bond donors (Lipinski definition) is 2. The minimum Gasteiger partial charge on any atom is -0.314 e. The van der Waals surface area contributed by atoms with E-state index in [2.05, 4.69) is 27.4 Å². The van der Waals surface area contributed by atoms with E-state index in [1.165, 1.54) is 44.9 Å². The number of nitrogens with one attached hydrogen (secondary N) is 2. The molecule has 1 saturated carbocycles. The van der Waals surface area contributed by atoms with Gasteiger partial charge in [-0.3, -0.25) is 5.10 Å². The summed E-state index contributed by atoms with van der Waals surface area (Å²) < 4.78 is 0. The molecular weight excluding hydrogens is 224 g/mol. The molecule has 18 heavy (non-hydrogen) atoms. The molecule has 0 spiro atoms. The SMILES string of the molecule is CCCC1CCCC(NCCc2ncn[nH]2)CC1. The summed E-state index contributed by atoms with van der Waals surface area (Å²) >= 11 is 0. The molecule has 4 nitrogen and oxygen atoms in total. The van der Waals surface area contributed by atoms with Gasteiger partial charge in [-0.2, -0.15) is 5.10 Å².